The second-order valence-electron chi connectivity index (χ2n) is 7.36. The molecule has 1 atom stereocenters. The average molecular weight is 557 g/mol. The van der Waals surface area contributed by atoms with Crippen LogP contribution >= 0.6 is 27.7 Å². The number of carboxylic acid groups (broad SMARTS) is 2. The Bertz CT molecular complexity index is 1280. The molecule has 0 spiro atoms. The van der Waals surface area contributed by atoms with E-state index in [1.54, 1.807) is 36.4 Å². The number of nitrogens with one attached hydrogen (secondary N) is 2. The lowest BCUT2D eigenvalue weighted by Gasteiger charge is -2.16. The van der Waals surface area contributed by atoms with Crippen molar-refractivity contribution in [3.63, 3.8) is 0 Å². The van der Waals surface area contributed by atoms with Crippen molar-refractivity contribution in [2.45, 2.75) is 23.5 Å². The number of hydrogen-bond donors (Lipinski definition) is 4. The van der Waals surface area contributed by atoms with Crippen molar-refractivity contribution in [2.75, 3.05) is 10.6 Å². The highest BCUT2D eigenvalue weighted by molar-refractivity contribution is 9.10. The first-order valence-corrected chi connectivity index (χ1v) is 12.1. The van der Waals surface area contributed by atoms with Gasteiger partial charge in [-0.3, -0.25) is 9.59 Å². The Hall–Kier alpha value is -3.63. The monoisotopic (exact) mass is 556 g/mol. The van der Waals surface area contributed by atoms with Gasteiger partial charge in [-0.15, -0.1) is 11.8 Å². The number of hydrogen-bond acceptors (Lipinski definition) is 5. The fourth-order valence-electron chi connectivity index (χ4n) is 3.14. The number of rotatable bonds is 9. The van der Waals surface area contributed by atoms with E-state index in [1.165, 1.54) is 23.9 Å². The van der Waals surface area contributed by atoms with Gasteiger partial charge in [0.2, 0.25) is 5.91 Å². The van der Waals surface area contributed by atoms with E-state index < -0.39 is 23.4 Å². The van der Waals surface area contributed by atoms with E-state index in [4.69, 9.17) is 5.11 Å². The van der Waals surface area contributed by atoms with Crippen LogP contribution in [0.5, 0.6) is 0 Å². The Morgan fingerprint density at radius 2 is 1.57 bits per heavy atom. The fourth-order valence-corrected chi connectivity index (χ4v) is 4.42. The molecule has 35 heavy (non-hydrogen) atoms. The number of anilines is 2. The van der Waals surface area contributed by atoms with Gasteiger partial charge in [-0.1, -0.05) is 28.9 Å². The van der Waals surface area contributed by atoms with Crippen molar-refractivity contribution in [1.29, 1.82) is 0 Å². The highest BCUT2D eigenvalue weighted by Crippen LogP contribution is 2.29. The Kier molecular flexibility index (Phi) is 8.67. The van der Waals surface area contributed by atoms with Gasteiger partial charge < -0.3 is 20.8 Å². The number of carbonyl (C=O) groups excluding carboxylic acids is 2. The summed E-state index contributed by atoms with van der Waals surface area (Å²) in [4.78, 5) is 48.9. The molecule has 2 amide bonds. The first kappa shape index (κ1) is 26.0. The van der Waals surface area contributed by atoms with E-state index in [0.717, 1.165) is 15.4 Å². The molecule has 8 nitrogen and oxygen atoms in total. The van der Waals surface area contributed by atoms with Crippen LogP contribution < -0.4 is 10.6 Å². The molecule has 0 aliphatic carbocycles. The predicted molar refractivity (Wildman–Crippen MR) is 137 cm³/mol. The van der Waals surface area contributed by atoms with Gasteiger partial charge in [0.25, 0.3) is 5.91 Å². The number of amides is 2. The van der Waals surface area contributed by atoms with Gasteiger partial charge in [-0.05, 0) is 67.1 Å². The Labute approximate surface area is 213 Å². The standard InChI is InChI=1S/C25H21BrN2O6S/c1-2-21(23(30)27-16-9-7-15(26)8-10-16)35-18-5-3-4-17(13-18)28-22(29)19-11-6-14(24(31)32)12-20(19)25(33)34/h3-13,21H,2H2,1H3,(H,27,30)(H,28,29)(H,31,32)(H,33,34). The van der Waals surface area contributed by atoms with Gasteiger partial charge in [-0.2, -0.15) is 0 Å². The van der Waals surface area contributed by atoms with Crippen LogP contribution in [0.15, 0.2) is 76.1 Å². The molecule has 0 heterocycles. The number of aromatic carboxylic acids is 2. The molecule has 0 fully saturated rings. The van der Waals surface area contributed by atoms with Crippen LogP contribution in [0.2, 0.25) is 0 Å². The van der Waals surface area contributed by atoms with Gasteiger partial charge in [-0.25, -0.2) is 9.59 Å². The third kappa shape index (κ3) is 6.93. The lowest BCUT2D eigenvalue weighted by atomic mass is 10.0. The molecule has 1 unspecified atom stereocenters. The first-order chi connectivity index (χ1) is 16.7. The lowest BCUT2D eigenvalue weighted by molar-refractivity contribution is -0.115. The summed E-state index contributed by atoms with van der Waals surface area (Å²) in [5.41, 5.74) is 0.275. The third-order valence-corrected chi connectivity index (χ3v) is 6.77. The molecule has 3 aromatic rings. The van der Waals surface area contributed by atoms with Crippen LogP contribution in [0.3, 0.4) is 0 Å². The van der Waals surface area contributed by atoms with Crippen molar-refractivity contribution in [3.05, 3.63) is 87.9 Å². The predicted octanol–water partition coefficient (Wildman–Crippen LogP) is 5.61. The van der Waals surface area contributed by atoms with Gasteiger partial charge in [0.15, 0.2) is 0 Å². The van der Waals surface area contributed by atoms with Gasteiger partial charge >= 0.3 is 11.9 Å². The smallest absolute Gasteiger partial charge is 0.336 e. The Morgan fingerprint density at radius 1 is 0.857 bits per heavy atom. The maximum Gasteiger partial charge on any atom is 0.336 e. The van der Waals surface area contributed by atoms with Crippen LogP contribution in [-0.4, -0.2) is 39.2 Å². The Balaban J connectivity index is 1.73. The van der Waals surface area contributed by atoms with Crippen LogP contribution in [0.1, 0.15) is 44.4 Å². The van der Waals surface area contributed by atoms with Gasteiger partial charge in [0, 0.05) is 20.7 Å². The van der Waals surface area contributed by atoms with E-state index >= 15 is 0 Å². The van der Waals surface area contributed by atoms with Crippen LogP contribution in [0.4, 0.5) is 11.4 Å². The van der Waals surface area contributed by atoms with E-state index in [0.29, 0.717) is 17.8 Å². The lowest BCUT2D eigenvalue weighted by Crippen LogP contribution is -2.24. The molecule has 3 aromatic carbocycles. The summed E-state index contributed by atoms with van der Waals surface area (Å²) < 4.78 is 0.907. The fraction of sp³-hybridized carbons (Fsp3) is 0.120. The zero-order chi connectivity index (χ0) is 25.5. The minimum Gasteiger partial charge on any atom is -0.478 e. The van der Waals surface area contributed by atoms with E-state index in [2.05, 4.69) is 26.6 Å². The highest BCUT2D eigenvalue weighted by Gasteiger charge is 2.21. The van der Waals surface area contributed by atoms with Crippen molar-refractivity contribution in [1.82, 2.24) is 0 Å². The maximum absolute atomic E-state index is 12.7. The zero-order valence-electron chi connectivity index (χ0n) is 18.4. The molecular formula is C25H21BrN2O6S. The molecule has 0 saturated carbocycles. The number of carbonyl (C=O) groups is 4. The summed E-state index contributed by atoms with van der Waals surface area (Å²) in [7, 11) is 0. The number of thioether (sulfide) groups is 1. The van der Waals surface area contributed by atoms with Gasteiger partial charge in [0.05, 0.1) is 21.9 Å². The van der Waals surface area contributed by atoms with Crippen molar-refractivity contribution in [2.24, 2.45) is 0 Å². The molecule has 0 saturated heterocycles. The summed E-state index contributed by atoms with van der Waals surface area (Å²) in [5.74, 6) is -3.55. The minimum atomic E-state index is -1.41. The van der Waals surface area contributed by atoms with E-state index in [9.17, 15) is 24.3 Å². The first-order valence-electron chi connectivity index (χ1n) is 10.4. The van der Waals surface area contributed by atoms with Crippen molar-refractivity contribution >= 4 is 62.8 Å². The molecule has 0 aromatic heterocycles. The summed E-state index contributed by atoms with van der Waals surface area (Å²) >= 11 is 4.69. The number of carboxylic acids is 2. The molecule has 0 radical (unpaired) electrons. The molecule has 0 bridgehead atoms. The van der Waals surface area contributed by atoms with E-state index in [1.807, 2.05) is 19.1 Å². The maximum atomic E-state index is 12.7. The van der Waals surface area contributed by atoms with Crippen molar-refractivity contribution in [3.8, 4) is 0 Å². The van der Waals surface area contributed by atoms with E-state index in [-0.39, 0.29) is 22.3 Å². The second-order valence-corrected chi connectivity index (χ2v) is 9.56. The normalized spacial score (nSPS) is 11.4. The zero-order valence-corrected chi connectivity index (χ0v) is 20.9. The average Bonchev–Trinajstić information content (AvgIpc) is 2.83. The Morgan fingerprint density at radius 3 is 2.20 bits per heavy atom. The molecule has 180 valence electrons. The minimum absolute atomic E-state index is 0.154. The highest BCUT2D eigenvalue weighted by atomic mass is 79.9. The topological polar surface area (TPSA) is 133 Å². The molecule has 3 rings (SSSR count). The third-order valence-electron chi connectivity index (χ3n) is 4.89. The van der Waals surface area contributed by atoms with Crippen LogP contribution in [0, 0.1) is 0 Å². The van der Waals surface area contributed by atoms with Crippen LogP contribution in [-0.2, 0) is 4.79 Å². The summed E-state index contributed by atoms with van der Waals surface area (Å²) in [6.07, 6.45) is 0.571. The SMILES string of the molecule is CCC(Sc1cccc(NC(=O)c2ccc(C(=O)O)cc2C(=O)O)c1)C(=O)Nc1ccc(Br)cc1. The van der Waals surface area contributed by atoms with Crippen molar-refractivity contribution < 1.29 is 29.4 Å². The second kappa shape index (κ2) is 11.7. The molecular weight excluding hydrogens is 536 g/mol. The molecule has 0 aliphatic rings. The number of benzene rings is 3. The summed E-state index contributed by atoms with van der Waals surface area (Å²) in [5, 5.41) is 23.6. The van der Waals surface area contributed by atoms with Gasteiger partial charge in [0.1, 0.15) is 0 Å². The number of halogens is 1. The summed E-state index contributed by atoms with van der Waals surface area (Å²) in [6.45, 7) is 1.90. The van der Waals surface area contributed by atoms with Crippen LogP contribution in [0.25, 0.3) is 0 Å². The largest absolute Gasteiger partial charge is 0.478 e. The molecule has 10 heteroatoms. The summed E-state index contributed by atoms with van der Waals surface area (Å²) in [6, 6.07) is 17.4. The quantitative estimate of drug-likeness (QED) is 0.252. The molecule has 4 N–H and O–H groups in total. The molecule has 0 aliphatic heterocycles.